The predicted octanol–water partition coefficient (Wildman–Crippen LogP) is 3.92. The van der Waals surface area contributed by atoms with Gasteiger partial charge >= 0.3 is 0 Å². The molecule has 3 atom stereocenters. The van der Waals surface area contributed by atoms with Crippen LogP contribution in [0.2, 0.25) is 0 Å². The van der Waals surface area contributed by atoms with Crippen molar-refractivity contribution in [3.8, 4) is 0 Å². The number of amides is 1. The first-order chi connectivity index (χ1) is 11.7. The summed E-state index contributed by atoms with van der Waals surface area (Å²) in [4.78, 5) is 25.3. The third kappa shape index (κ3) is 5.00. The molecule has 0 aliphatic heterocycles. The molecule has 0 saturated heterocycles. The van der Waals surface area contributed by atoms with E-state index in [1.165, 1.54) is 0 Å². The van der Waals surface area contributed by atoms with Crippen molar-refractivity contribution in [2.45, 2.75) is 76.0 Å². The van der Waals surface area contributed by atoms with Crippen molar-refractivity contribution >= 4 is 22.5 Å². The molecule has 0 heterocycles. The summed E-state index contributed by atoms with van der Waals surface area (Å²) in [5.74, 6) is 0.0585. The van der Waals surface area contributed by atoms with Gasteiger partial charge in [0.2, 0.25) is 5.91 Å². The number of carbonyl (C=O) groups is 2. The van der Waals surface area contributed by atoms with Crippen molar-refractivity contribution in [3.05, 3.63) is 29.8 Å². The third-order valence-corrected chi connectivity index (χ3v) is 6.46. The van der Waals surface area contributed by atoms with E-state index in [0.717, 1.165) is 24.8 Å². The SMILES string of the molecule is C[C@@H](NC(=O)C(C)(C)C)c1ccccc1[S@@](=O)C1CCCCCC1=O. The summed E-state index contributed by atoms with van der Waals surface area (Å²) in [5, 5.41) is 2.58. The van der Waals surface area contributed by atoms with Crippen LogP contribution in [0.15, 0.2) is 29.2 Å². The van der Waals surface area contributed by atoms with Crippen LogP contribution in [0.4, 0.5) is 0 Å². The zero-order valence-electron chi connectivity index (χ0n) is 15.6. The maximum atomic E-state index is 13.1. The Labute approximate surface area is 153 Å². The summed E-state index contributed by atoms with van der Waals surface area (Å²) in [5.41, 5.74) is 0.343. The number of ketones is 1. The van der Waals surface area contributed by atoms with Gasteiger partial charge in [-0.1, -0.05) is 51.8 Å². The van der Waals surface area contributed by atoms with Gasteiger partial charge in [0, 0.05) is 16.7 Å². The van der Waals surface area contributed by atoms with E-state index in [1.807, 2.05) is 52.0 Å². The standard InChI is InChI=1S/C20H29NO3S/c1-14(21-19(23)20(2,3)4)15-10-8-9-12-17(15)25(24)18-13-7-5-6-11-16(18)22/h8-10,12,14,18H,5-7,11,13H2,1-4H3,(H,21,23)/t14-,18?,25-/m1/s1. The van der Waals surface area contributed by atoms with Gasteiger partial charge in [0.1, 0.15) is 5.78 Å². The topological polar surface area (TPSA) is 63.2 Å². The Morgan fingerprint density at radius 1 is 1.20 bits per heavy atom. The molecule has 0 bridgehead atoms. The number of benzene rings is 1. The van der Waals surface area contributed by atoms with E-state index in [4.69, 9.17) is 0 Å². The van der Waals surface area contributed by atoms with Gasteiger partial charge in [0.15, 0.2) is 0 Å². The van der Waals surface area contributed by atoms with Gasteiger partial charge in [-0.05, 0) is 31.4 Å². The lowest BCUT2D eigenvalue weighted by atomic mass is 9.94. The minimum atomic E-state index is -1.38. The summed E-state index contributed by atoms with van der Waals surface area (Å²) in [7, 11) is -1.38. The second-order valence-electron chi connectivity index (χ2n) is 7.83. The Bertz CT molecular complexity index is 663. The zero-order valence-corrected chi connectivity index (χ0v) is 16.4. The number of carbonyl (C=O) groups excluding carboxylic acids is 2. The van der Waals surface area contributed by atoms with E-state index in [-0.39, 0.29) is 17.7 Å². The van der Waals surface area contributed by atoms with Crippen molar-refractivity contribution in [3.63, 3.8) is 0 Å². The average molecular weight is 364 g/mol. The molecule has 138 valence electrons. The zero-order chi connectivity index (χ0) is 18.6. The maximum Gasteiger partial charge on any atom is 0.225 e. The minimum Gasteiger partial charge on any atom is -0.349 e. The first-order valence-corrected chi connectivity index (χ1v) is 10.3. The lowest BCUT2D eigenvalue weighted by molar-refractivity contribution is -0.129. The average Bonchev–Trinajstić information content (AvgIpc) is 2.77. The predicted molar refractivity (Wildman–Crippen MR) is 101 cm³/mol. The molecule has 1 N–H and O–H groups in total. The Hall–Kier alpha value is -1.49. The molecule has 1 fully saturated rings. The molecule has 1 aliphatic rings. The maximum absolute atomic E-state index is 13.1. The number of rotatable bonds is 4. The van der Waals surface area contributed by atoms with Gasteiger partial charge in [-0.15, -0.1) is 0 Å². The first-order valence-electron chi connectivity index (χ1n) is 9.05. The molecule has 1 aromatic carbocycles. The molecule has 1 unspecified atom stereocenters. The quantitative estimate of drug-likeness (QED) is 0.825. The smallest absolute Gasteiger partial charge is 0.225 e. The monoisotopic (exact) mass is 363 g/mol. The highest BCUT2D eigenvalue weighted by molar-refractivity contribution is 7.86. The van der Waals surface area contributed by atoms with Crippen molar-refractivity contribution in [1.29, 1.82) is 0 Å². The van der Waals surface area contributed by atoms with E-state index in [9.17, 15) is 13.8 Å². The molecule has 1 amide bonds. The summed E-state index contributed by atoms with van der Waals surface area (Å²) in [6.07, 6.45) is 4.07. The summed E-state index contributed by atoms with van der Waals surface area (Å²) in [6, 6.07) is 7.18. The molecule has 4 nitrogen and oxygen atoms in total. The Balaban J connectivity index is 2.26. The van der Waals surface area contributed by atoms with Crippen LogP contribution in [0.5, 0.6) is 0 Å². The van der Waals surface area contributed by atoms with Crippen LogP contribution in [-0.4, -0.2) is 21.1 Å². The molecule has 1 aromatic rings. The largest absolute Gasteiger partial charge is 0.349 e. The fourth-order valence-electron chi connectivity index (χ4n) is 3.02. The van der Waals surface area contributed by atoms with Crippen LogP contribution in [0.3, 0.4) is 0 Å². The molecule has 1 saturated carbocycles. The third-order valence-electron chi connectivity index (χ3n) is 4.64. The minimum absolute atomic E-state index is 0.0499. The van der Waals surface area contributed by atoms with Crippen molar-refractivity contribution in [2.24, 2.45) is 5.41 Å². The molecule has 2 rings (SSSR count). The lowest BCUT2D eigenvalue weighted by Gasteiger charge is -2.24. The molecular formula is C20H29NO3S. The Morgan fingerprint density at radius 2 is 1.88 bits per heavy atom. The fraction of sp³-hybridized carbons (Fsp3) is 0.600. The molecule has 0 spiro atoms. The number of hydrogen-bond acceptors (Lipinski definition) is 3. The van der Waals surface area contributed by atoms with Crippen molar-refractivity contribution in [2.75, 3.05) is 0 Å². The number of Topliss-reactive ketones (excluding diaryl/α,β-unsaturated/α-hetero) is 1. The van der Waals surface area contributed by atoms with E-state index in [0.29, 0.717) is 17.7 Å². The van der Waals surface area contributed by atoms with E-state index in [2.05, 4.69) is 5.32 Å². The number of nitrogens with one attached hydrogen (secondary N) is 1. The molecular weight excluding hydrogens is 334 g/mol. The van der Waals surface area contributed by atoms with Gasteiger partial charge < -0.3 is 5.32 Å². The fourth-order valence-corrected chi connectivity index (χ4v) is 4.75. The molecule has 0 aromatic heterocycles. The highest BCUT2D eigenvalue weighted by atomic mass is 32.2. The van der Waals surface area contributed by atoms with Gasteiger partial charge in [-0.2, -0.15) is 0 Å². The van der Waals surface area contributed by atoms with E-state index < -0.39 is 21.5 Å². The second kappa shape index (κ2) is 8.26. The van der Waals surface area contributed by atoms with Gasteiger partial charge in [0.05, 0.1) is 22.1 Å². The summed E-state index contributed by atoms with van der Waals surface area (Å²) < 4.78 is 13.1. The van der Waals surface area contributed by atoms with Crippen LogP contribution in [0, 0.1) is 5.41 Å². The highest BCUT2D eigenvalue weighted by Crippen LogP contribution is 2.28. The van der Waals surface area contributed by atoms with E-state index >= 15 is 0 Å². The summed E-state index contributed by atoms with van der Waals surface area (Å²) in [6.45, 7) is 7.49. The normalized spacial score (nSPS) is 21.3. The second-order valence-corrected chi connectivity index (χ2v) is 9.44. The highest BCUT2D eigenvalue weighted by Gasteiger charge is 2.30. The van der Waals surface area contributed by atoms with Gasteiger partial charge in [0.25, 0.3) is 0 Å². The van der Waals surface area contributed by atoms with Gasteiger partial charge in [-0.25, -0.2) is 0 Å². The molecule has 5 heteroatoms. The van der Waals surface area contributed by atoms with Gasteiger partial charge in [-0.3, -0.25) is 13.8 Å². The molecule has 1 aliphatic carbocycles. The van der Waals surface area contributed by atoms with Crippen LogP contribution < -0.4 is 5.32 Å². The van der Waals surface area contributed by atoms with E-state index in [1.54, 1.807) is 0 Å². The lowest BCUT2D eigenvalue weighted by Crippen LogP contribution is -2.37. The molecule has 0 radical (unpaired) electrons. The van der Waals surface area contributed by atoms with Crippen LogP contribution in [0.1, 0.15) is 71.4 Å². The van der Waals surface area contributed by atoms with Crippen molar-refractivity contribution in [1.82, 2.24) is 5.32 Å². The Morgan fingerprint density at radius 3 is 2.56 bits per heavy atom. The van der Waals surface area contributed by atoms with Crippen molar-refractivity contribution < 1.29 is 13.8 Å². The molecule has 25 heavy (non-hydrogen) atoms. The van der Waals surface area contributed by atoms with Crippen LogP contribution >= 0.6 is 0 Å². The summed E-state index contributed by atoms with van der Waals surface area (Å²) >= 11 is 0. The Kier molecular flexibility index (Phi) is 6.55. The number of hydrogen-bond donors (Lipinski definition) is 1. The van der Waals surface area contributed by atoms with Crippen LogP contribution in [-0.2, 0) is 20.4 Å². The first kappa shape index (κ1) is 19.8. The van der Waals surface area contributed by atoms with Crippen LogP contribution in [0.25, 0.3) is 0 Å².